The molecule has 1 N–H and O–H groups in total. The van der Waals surface area contributed by atoms with Gasteiger partial charge in [0.2, 0.25) is 0 Å². The van der Waals surface area contributed by atoms with Gasteiger partial charge in [0.1, 0.15) is 0 Å². The van der Waals surface area contributed by atoms with Crippen LogP contribution in [0, 0.1) is 0 Å². The van der Waals surface area contributed by atoms with Crippen LogP contribution in [0.5, 0.6) is 0 Å². The quantitative estimate of drug-likeness (QED) is 0.743. The van der Waals surface area contributed by atoms with E-state index in [0.29, 0.717) is 11.6 Å². The van der Waals surface area contributed by atoms with Gasteiger partial charge in [-0.15, -0.1) is 11.3 Å². The Morgan fingerprint density at radius 2 is 2.20 bits per heavy atom. The van der Waals surface area contributed by atoms with E-state index in [4.69, 9.17) is 23.2 Å². The van der Waals surface area contributed by atoms with Crippen molar-refractivity contribution in [1.82, 2.24) is 9.55 Å². The van der Waals surface area contributed by atoms with E-state index < -0.39 is 0 Å². The van der Waals surface area contributed by atoms with Gasteiger partial charge in [0.25, 0.3) is 0 Å². The summed E-state index contributed by atoms with van der Waals surface area (Å²) in [6.07, 6.45) is 5.33. The molecule has 2 aromatic heterocycles. The molecule has 3 rings (SSSR count). The second-order valence-corrected chi connectivity index (χ2v) is 6.03. The van der Waals surface area contributed by atoms with Crippen LogP contribution in [0.2, 0.25) is 10.0 Å². The summed E-state index contributed by atoms with van der Waals surface area (Å²) in [7, 11) is 0. The molecule has 0 amide bonds. The van der Waals surface area contributed by atoms with E-state index in [1.54, 1.807) is 23.9 Å². The van der Waals surface area contributed by atoms with E-state index >= 15 is 0 Å². The molecule has 102 valence electrons. The van der Waals surface area contributed by atoms with Crippen molar-refractivity contribution in [2.45, 2.75) is 6.54 Å². The van der Waals surface area contributed by atoms with E-state index in [1.165, 1.54) is 4.88 Å². The Hall–Kier alpha value is -1.49. The Bertz CT molecular complexity index is 707. The van der Waals surface area contributed by atoms with E-state index in [-0.39, 0.29) is 0 Å². The minimum Gasteiger partial charge on any atom is -0.378 e. The number of nitrogens with one attached hydrogen (secondary N) is 1. The van der Waals surface area contributed by atoms with Gasteiger partial charge in [-0.3, -0.25) is 0 Å². The van der Waals surface area contributed by atoms with Crippen LogP contribution in [-0.2, 0) is 6.54 Å². The third-order valence-corrected chi connectivity index (χ3v) is 4.41. The predicted octanol–water partition coefficient (Wildman–Crippen LogP) is 4.85. The van der Waals surface area contributed by atoms with Crippen molar-refractivity contribution in [3.05, 3.63) is 63.3 Å². The van der Waals surface area contributed by atoms with E-state index in [1.807, 2.05) is 40.4 Å². The Morgan fingerprint density at radius 3 is 2.90 bits per heavy atom. The van der Waals surface area contributed by atoms with Gasteiger partial charge in [-0.1, -0.05) is 29.3 Å². The molecule has 0 saturated carbocycles. The first-order chi connectivity index (χ1) is 9.74. The third-order valence-electron chi connectivity index (χ3n) is 2.82. The number of halogens is 2. The molecule has 2 heterocycles. The molecule has 0 spiro atoms. The molecule has 6 heteroatoms. The lowest BCUT2D eigenvalue weighted by atomic mass is 10.2. The van der Waals surface area contributed by atoms with Gasteiger partial charge in [-0.25, -0.2) is 4.98 Å². The van der Waals surface area contributed by atoms with Crippen molar-refractivity contribution in [2.75, 3.05) is 5.32 Å². The zero-order chi connectivity index (χ0) is 13.9. The van der Waals surface area contributed by atoms with E-state index in [0.717, 1.165) is 16.4 Å². The van der Waals surface area contributed by atoms with Crippen LogP contribution in [0.25, 0.3) is 5.69 Å². The average molecular weight is 324 g/mol. The van der Waals surface area contributed by atoms with Crippen molar-refractivity contribution in [1.29, 1.82) is 0 Å². The minimum absolute atomic E-state index is 0.678. The molecule has 0 aliphatic heterocycles. The zero-order valence-corrected chi connectivity index (χ0v) is 12.7. The van der Waals surface area contributed by atoms with Crippen LogP contribution >= 0.6 is 34.5 Å². The summed E-state index contributed by atoms with van der Waals surface area (Å²) in [5, 5.41) is 6.76. The SMILES string of the molecule is Clc1csc(CNc2cccc(Cl)c2-n2ccnc2)c1. The molecule has 0 fully saturated rings. The topological polar surface area (TPSA) is 29.9 Å². The van der Waals surface area contributed by atoms with Gasteiger partial charge in [-0.2, -0.15) is 0 Å². The minimum atomic E-state index is 0.678. The summed E-state index contributed by atoms with van der Waals surface area (Å²) in [5.74, 6) is 0. The molecule has 0 atom stereocenters. The molecule has 0 bridgehead atoms. The summed E-state index contributed by atoms with van der Waals surface area (Å²) in [6.45, 7) is 0.708. The fraction of sp³-hybridized carbons (Fsp3) is 0.0714. The fourth-order valence-corrected chi connectivity index (χ4v) is 3.23. The summed E-state index contributed by atoms with van der Waals surface area (Å²) < 4.78 is 1.89. The van der Waals surface area contributed by atoms with Crippen molar-refractivity contribution in [3.63, 3.8) is 0 Å². The zero-order valence-electron chi connectivity index (χ0n) is 10.4. The lowest BCUT2D eigenvalue weighted by Gasteiger charge is -2.13. The standard InChI is InChI=1S/C14H11Cl2N3S/c15-10-6-11(20-8-10)7-18-13-3-1-2-12(16)14(13)19-5-4-17-9-19/h1-6,8-9,18H,7H2. The maximum Gasteiger partial charge on any atom is 0.0992 e. The average Bonchev–Trinajstić information content (AvgIpc) is 3.08. The highest BCUT2D eigenvalue weighted by atomic mass is 35.5. The fourth-order valence-electron chi connectivity index (χ4n) is 1.94. The maximum atomic E-state index is 6.30. The summed E-state index contributed by atoms with van der Waals surface area (Å²) in [6, 6.07) is 7.74. The first kappa shape index (κ1) is 13.5. The van der Waals surface area contributed by atoms with Crippen LogP contribution in [0.3, 0.4) is 0 Å². The highest BCUT2D eigenvalue weighted by molar-refractivity contribution is 7.10. The van der Waals surface area contributed by atoms with Gasteiger partial charge >= 0.3 is 0 Å². The van der Waals surface area contributed by atoms with Crippen molar-refractivity contribution < 1.29 is 0 Å². The van der Waals surface area contributed by atoms with Crippen molar-refractivity contribution in [3.8, 4) is 5.69 Å². The van der Waals surface area contributed by atoms with E-state index in [9.17, 15) is 0 Å². The van der Waals surface area contributed by atoms with Gasteiger partial charge in [0.15, 0.2) is 0 Å². The second kappa shape index (κ2) is 5.87. The molecule has 0 aliphatic rings. The van der Waals surface area contributed by atoms with Crippen LogP contribution in [0.15, 0.2) is 48.4 Å². The summed E-state index contributed by atoms with van der Waals surface area (Å²) in [5.41, 5.74) is 1.86. The molecule has 0 radical (unpaired) electrons. The smallest absolute Gasteiger partial charge is 0.0992 e. The molecule has 0 saturated heterocycles. The highest BCUT2D eigenvalue weighted by Gasteiger charge is 2.09. The number of thiophene rings is 1. The largest absolute Gasteiger partial charge is 0.378 e. The number of hydrogen-bond acceptors (Lipinski definition) is 3. The van der Waals surface area contributed by atoms with Gasteiger partial charge in [0, 0.05) is 29.2 Å². The maximum absolute atomic E-state index is 6.30. The first-order valence-corrected chi connectivity index (χ1v) is 7.61. The number of rotatable bonds is 4. The molecule has 0 aliphatic carbocycles. The van der Waals surface area contributed by atoms with E-state index in [2.05, 4.69) is 10.3 Å². The van der Waals surface area contributed by atoms with Crippen molar-refractivity contribution in [2.24, 2.45) is 0 Å². The van der Waals surface area contributed by atoms with Gasteiger partial charge in [-0.05, 0) is 18.2 Å². The number of para-hydroxylation sites is 1. The van der Waals surface area contributed by atoms with Crippen LogP contribution < -0.4 is 5.32 Å². The number of anilines is 1. The molecule has 0 unspecified atom stereocenters. The predicted molar refractivity (Wildman–Crippen MR) is 85.2 cm³/mol. The van der Waals surface area contributed by atoms with Gasteiger partial charge < -0.3 is 9.88 Å². The number of imidazole rings is 1. The third kappa shape index (κ3) is 2.82. The number of benzene rings is 1. The van der Waals surface area contributed by atoms with Gasteiger partial charge in [0.05, 0.1) is 27.7 Å². The normalized spacial score (nSPS) is 10.7. The van der Waals surface area contributed by atoms with Crippen LogP contribution in [-0.4, -0.2) is 9.55 Å². The molecule has 3 nitrogen and oxygen atoms in total. The highest BCUT2D eigenvalue weighted by Crippen LogP contribution is 2.29. The number of aromatic nitrogens is 2. The number of nitrogens with zero attached hydrogens (tertiary/aromatic N) is 2. The van der Waals surface area contributed by atoms with Crippen LogP contribution in [0.1, 0.15) is 4.88 Å². The molecular formula is C14H11Cl2N3S. The lowest BCUT2D eigenvalue weighted by molar-refractivity contribution is 1.05. The Balaban J connectivity index is 1.88. The molecule has 1 aromatic carbocycles. The molecule has 3 aromatic rings. The Kier molecular flexibility index (Phi) is 3.96. The number of hydrogen-bond donors (Lipinski definition) is 1. The monoisotopic (exact) mass is 323 g/mol. The van der Waals surface area contributed by atoms with Crippen LogP contribution in [0.4, 0.5) is 5.69 Å². The first-order valence-electron chi connectivity index (χ1n) is 5.97. The summed E-state index contributed by atoms with van der Waals surface area (Å²) in [4.78, 5) is 5.24. The Labute approximate surface area is 130 Å². The molecular weight excluding hydrogens is 313 g/mol. The lowest BCUT2D eigenvalue weighted by Crippen LogP contribution is -2.03. The van der Waals surface area contributed by atoms with Crippen molar-refractivity contribution >= 4 is 40.2 Å². The summed E-state index contributed by atoms with van der Waals surface area (Å²) >= 11 is 13.9. The second-order valence-electron chi connectivity index (χ2n) is 4.19. The molecule has 20 heavy (non-hydrogen) atoms. The Morgan fingerprint density at radius 1 is 1.30 bits per heavy atom.